The Hall–Kier alpha value is -1.93. The van der Waals surface area contributed by atoms with Crippen LogP contribution in [-0.2, 0) is 26.2 Å². The first-order valence-corrected chi connectivity index (χ1v) is 11.4. The number of methoxy groups -OCH3 is 1. The van der Waals surface area contributed by atoms with Crippen molar-refractivity contribution in [3.05, 3.63) is 23.8 Å². The maximum absolute atomic E-state index is 13.0. The number of rotatable bonds is 5. The molecule has 0 aromatic heterocycles. The van der Waals surface area contributed by atoms with E-state index in [1.807, 2.05) is 0 Å². The normalized spacial score (nSPS) is 26.0. The summed E-state index contributed by atoms with van der Waals surface area (Å²) in [6, 6.07) is 4.88. The number of likely N-dealkylation sites (tertiary alicyclic amines) is 1. The molecule has 2 saturated heterocycles. The quantitative estimate of drug-likeness (QED) is 0.700. The van der Waals surface area contributed by atoms with Crippen molar-refractivity contribution in [3.8, 4) is 5.75 Å². The lowest BCUT2D eigenvalue weighted by Gasteiger charge is -2.20. The monoisotopic (exact) mass is 406 g/mol. The Kier molecular flexibility index (Phi) is 5.18. The van der Waals surface area contributed by atoms with Crippen molar-refractivity contribution in [2.24, 2.45) is 11.8 Å². The van der Waals surface area contributed by atoms with Crippen LogP contribution in [0.4, 0.5) is 0 Å². The van der Waals surface area contributed by atoms with Gasteiger partial charge in [-0.1, -0.05) is 18.9 Å². The molecule has 1 saturated carbocycles. The van der Waals surface area contributed by atoms with E-state index >= 15 is 0 Å². The van der Waals surface area contributed by atoms with Crippen LogP contribution in [0.5, 0.6) is 5.75 Å². The van der Waals surface area contributed by atoms with Crippen LogP contribution in [0.25, 0.3) is 0 Å². The smallest absolute Gasteiger partial charge is 0.246 e. The van der Waals surface area contributed by atoms with Gasteiger partial charge in [-0.15, -0.1) is 0 Å². The van der Waals surface area contributed by atoms with Crippen molar-refractivity contribution in [1.29, 1.82) is 0 Å². The standard InChI is InChI=1S/C20H26N2O5S/c1-27-17-9-8-14(12-18(17)28(25,26)21-10-4-5-11-21)13-22-19(23)15-6-2-3-7-16(15)20(22)24/h8-9,12,15-16H,2-7,10-11,13H2,1H3/t15-,16+. The first kappa shape index (κ1) is 19.4. The summed E-state index contributed by atoms with van der Waals surface area (Å²) in [6.07, 6.45) is 5.19. The number of imide groups is 1. The third kappa shape index (κ3) is 3.22. The first-order chi connectivity index (χ1) is 13.4. The second kappa shape index (κ2) is 7.48. The second-order valence-electron chi connectivity index (χ2n) is 7.86. The predicted octanol–water partition coefficient (Wildman–Crippen LogP) is 2.15. The van der Waals surface area contributed by atoms with Gasteiger partial charge in [0.05, 0.1) is 25.5 Å². The molecule has 3 aliphatic rings. The lowest BCUT2D eigenvalue weighted by Crippen LogP contribution is -2.31. The van der Waals surface area contributed by atoms with Gasteiger partial charge >= 0.3 is 0 Å². The maximum atomic E-state index is 13.0. The highest BCUT2D eigenvalue weighted by atomic mass is 32.2. The first-order valence-electron chi connectivity index (χ1n) is 9.96. The molecule has 0 bridgehead atoms. The van der Waals surface area contributed by atoms with Crippen LogP contribution < -0.4 is 4.74 Å². The Morgan fingerprint density at radius 2 is 1.61 bits per heavy atom. The van der Waals surface area contributed by atoms with Crippen LogP contribution in [0.1, 0.15) is 44.1 Å². The van der Waals surface area contributed by atoms with Gasteiger partial charge in [0.1, 0.15) is 10.6 Å². The zero-order valence-electron chi connectivity index (χ0n) is 16.1. The van der Waals surface area contributed by atoms with E-state index in [4.69, 9.17) is 4.74 Å². The molecule has 0 radical (unpaired) electrons. The number of carbonyl (C=O) groups excluding carboxylic acids is 2. The summed E-state index contributed by atoms with van der Waals surface area (Å²) in [6.45, 7) is 1.11. The highest BCUT2D eigenvalue weighted by molar-refractivity contribution is 7.89. The van der Waals surface area contributed by atoms with Gasteiger partial charge in [-0.25, -0.2) is 8.42 Å². The molecule has 1 aliphatic carbocycles. The van der Waals surface area contributed by atoms with Crippen LogP contribution in [0.3, 0.4) is 0 Å². The van der Waals surface area contributed by atoms with Gasteiger partial charge in [-0.2, -0.15) is 4.31 Å². The molecule has 1 aromatic rings. The fourth-order valence-electron chi connectivity index (χ4n) is 4.66. The molecule has 0 N–H and O–H groups in total. The lowest BCUT2D eigenvalue weighted by atomic mass is 9.81. The van der Waals surface area contributed by atoms with Gasteiger partial charge in [0.15, 0.2) is 0 Å². The number of hydrogen-bond donors (Lipinski definition) is 0. The van der Waals surface area contributed by atoms with Crippen molar-refractivity contribution in [3.63, 3.8) is 0 Å². The average Bonchev–Trinajstić information content (AvgIpc) is 3.33. The largest absolute Gasteiger partial charge is 0.495 e. The van der Waals surface area contributed by atoms with E-state index in [9.17, 15) is 18.0 Å². The molecule has 2 heterocycles. The fraction of sp³-hybridized carbons (Fsp3) is 0.600. The highest BCUT2D eigenvalue weighted by Crippen LogP contribution is 2.39. The minimum absolute atomic E-state index is 0.103. The molecular formula is C20H26N2O5S. The third-order valence-electron chi connectivity index (χ3n) is 6.18. The third-order valence-corrected chi connectivity index (χ3v) is 8.10. The molecule has 4 rings (SSSR count). The summed E-state index contributed by atoms with van der Waals surface area (Å²) < 4.78 is 32.8. The summed E-state index contributed by atoms with van der Waals surface area (Å²) in [5.74, 6) is -0.355. The minimum atomic E-state index is -3.67. The Balaban J connectivity index is 1.62. The van der Waals surface area contributed by atoms with E-state index in [0.29, 0.717) is 18.7 Å². The predicted molar refractivity (Wildman–Crippen MR) is 102 cm³/mol. The lowest BCUT2D eigenvalue weighted by molar-refractivity contribution is -0.140. The van der Waals surface area contributed by atoms with E-state index in [-0.39, 0.29) is 40.8 Å². The summed E-state index contributed by atoms with van der Waals surface area (Å²) in [4.78, 5) is 26.9. The number of sulfonamides is 1. The summed E-state index contributed by atoms with van der Waals surface area (Å²) >= 11 is 0. The molecular weight excluding hydrogens is 380 g/mol. The van der Waals surface area contributed by atoms with Crippen molar-refractivity contribution < 1.29 is 22.7 Å². The van der Waals surface area contributed by atoms with Crippen LogP contribution in [0, 0.1) is 11.8 Å². The number of nitrogens with zero attached hydrogens (tertiary/aromatic N) is 2. The van der Waals surface area contributed by atoms with Gasteiger partial charge in [0.2, 0.25) is 21.8 Å². The van der Waals surface area contributed by atoms with Crippen molar-refractivity contribution >= 4 is 21.8 Å². The molecule has 1 aromatic carbocycles. The Morgan fingerprint density at radius 1 is 1.00 bits per heavy atom. The second-order valence-corrected chi connectivity index (χ2v) is 9.76. The average molecular weight is 407 g/mol. The number of benzene rings is 1. The zero-order valence-corrected chi connectivity index (χ0v) is 16.9. The Morgan fingerprint density at radius 3 is 2.18 bits per heavy atom. The molecule has 152 valence electrons. The summed E-state index contributed by atoms with van der Waals surface area (Å²) in [5, 5.41) is 0. The molecule has 7 nitrogen and oxygen atoms in total. The van der Waals surface area contributed by atoms with Crippen molar-refractivity contribution in [2.45, 2.75) is 50.0 Å². The molecule has 2 atom stereocenters. The topological polar surface area (TPSA) is 84.0 Å². The van der Waals surface area contributed by atoms with Crippen molar-refractivity contribution in [1.82, 2.24) is 9.21 Å². The SMILES string of the molecule is COc1ccc(CN2C(=O)[C@H]3CCCC[C@H]3C2=O)cc1S(=O)(=O)N1CCCC1. The van der Waals surface area contributed by atoms with Crippen LogP contribution >= 0.6 is 0 Å². The van der Waals surface area contributed by atoms with Gasteiger partial charge < -0.3 is 4.74 Å². The number of carbonyl (C=O) groups is 2. The molecule has 2 amide bonds. The van der Waals surface area contributed by atoms with E-state index in [2.05, 4.69) is 0 Å². The summed E-state index contributed by atoms with van der Waals surface area (Å²) in [5.41, 5.74) is 0.624. The number of ether oxygens (including phenoxy) is 1. The zero-order chi connectivity index (χ0) is 19.9. The van der Waals surface area contributed by atoms with Crippen molar-refractivity contribution in [2.75, 3.05) is 20.2 Å². The molecule has 8 heteroatoms. The van der Waals surface area contributed by atoms with Gasteiger partial charge in [-0.3, -0.25) is 14.5 Å². The highest BCUT2D eigenvalue weighted by Gasteiger charge is 2.48. The fourth-order valence-corrected chi connectivity index (χ4v) is 6.38. The maximum Gasteiger partial charge on any atom is 0.246 e. The molecule has 2 aliphatic heterocycles. The summed E-state index contributed by atoms with van der Waals surface area (Å²) in [7, 11) is -2.22. The van der Waals surface area contributed by atoms with Gasteiger partial charge in [0.25, 0.3) is 0 Å². The van der Waals surface area contributed by atoms with Crippen LogP contribution in [-0.4, -0.2) is 49.6 Å². The number of hydrogen-bond acceptors (Lipinski definition) is 5. The molecule has 0 unspecified atom stereocenters. The van der Waals surface area contributed by atoms with E-state index in [1.165, 1.54) is 16.3 Å². The van der Waals surface area contributed by atoms with Crippen LogP contribution in [0.15, 0.2) is 23.1 Å². The Labute approximate surface area is 165 Å². The number of fused-ring (bicyclic) bond motifs is 1. The van der Waals surface area contributed by atoms with Gasteiger partial charge in [0, 0.05) is 13.1 Å². The molecule has 0 spiro atoms. The van der Waals surface area contributed by atoms with E-state index < -0.39 is 10.0 Å². The van der Waals surface area contributed by atoms with E-state index in [1.54, 1.807) is 18.2 Å². The molecule has 28 heavy (non-hydrogen) atoms. The minimum Gasteiger partial charge on any atom is -0.495 e. The Bertz CT molecular complexity index is 868. The molecule has 3 fully saturated rings. The van der Waals surface area contributed by atoms with E-state index in [0.717, 1.165) is 38.5 Å². The van der Waals surface area contributed by atoms with Crippen LogP contribution in [0.2, 0.25) is 0 Å². The number of amides is 2. The van der Waals surface area contributed by atoms with Gasteiger partial charge in [-0.05, 0) is 43.4 Å².